The van der Waals surface area contributed by atoms with Crippen LogP contribution in [0, 0.1) is 12.8 Å². The number of likely N-dealkylation sites (tertiary alicyclic amines) is 1. The van der Waals surface area contributed by atoms with Crippen molar-refractivity contribution in [3.05, 3.63) is 47.4 Å². The Balaban J connectivity index is 1.44. The molecule has 2 aromatic rings. The fraction of sp³-hybridized carbons (Fsp3) is 0.522. The molecule has 1 saturated heterocycles. The number of nitrogens with one attached hydrogen (secondary N) is 1. The van der Waals surface area contributed by atoms with E-state index < -0.39 is 0 Å². The zero-order valence-electron chi connectivity index (χ0n) is 17.7. The number of hydrogen-bond donors (Lipinski definition) is 1. The lowest BCUT2D eigenvalue weighted by Crippen LogP contribution is -2.35. The van der Waals surface area contributed by atoms with E-state index in [4.69, 9.17) is 13.9 Å². The van der Waals surface area contributed by atoms with Gasteiger partial charge in [0, 0.05) is 25.8 Å². The second-order valence-corrected chi connectivity index (χ2v) is 7.81. The molecule has 1 aromatic carbocycles. The van der Waals surface area contributed by atoms with Gasteiger partial charge >= 0.3 is 0 Å². The third-order valence-corrected chi connectivity index (χ3v) is 5.47. The summed E-state index contributed by atoms with van der Waals surface area (Å²) in [5.74, 6) is 3.26. The number of carbonyl (C=O) groups is 1. The predicted molar refractivity (Wildman–Crippen MR) is 113 cm³/mol. The molecular weight excluding hydrogens is 368 g/mol. The summed E-state index contributed by atoms with van der Waals surface area (Å²) < 4.78 is 16.1. The number of carbonyl (C=O) groups excluding carboxylic acids is 1. The minimum atomic E-state index is 0.0747. The summed E-state index contributed by atoms with van der Waals surface area (Å²) >= 11 is 0. The van der Waals surface area contributed by atoms with Crippen LogP contribution in [0.25, 0.3) is 0 Å². The van der Waals surface area contributed by atoms with Crippen molar-refractivity contribution in [1.29, 1.82) is 0 Å². The zero-order valence-corrected chi connectivity index (χ0v) is 17.7. The minimum absolute atomic E-state index is 0.0747. The van der Waals surface area contributed by atoms with Gasteiger partial charge in [-0.1, -0.05) is 0 Å². The maximum Gasteiger partial charge on any atom is 0.224 e. The summed E-state index contributed by atoms with van der Waals surface area (Å²) in [5, 5.41) is 3.03. The normalized spacial score (nSPS) is 17.3. The van der Waals surface area contributed by atoms with Crippen LogP contribution in [0.2, 0.25) is 0 Å². The van der Waals surface area contributed by atoms with Crippen LogP contribution in [0.3, 0.4) is 0 Å². The van der Waals surface area contributed by atoms with Crippen molar-refractivity contribution in [3.8, 4) is 5.75 Å². The van der Waals surface area contributed by atoms with Crippen molar-refractivity contribution in [3.63, 3.8) is 0 Å². The van der Waals surface area contributed by atoms with E-state index in [-0.39, 0.29) is 5.91 Å². The molecule has 2 heterocycles. The van der Waals surface area contributed by atoms with E-state index in [1.807, 2.05) is 37.3 Å². The van der Waals surface area contributed by atoms with Gasteiger partial charge in [0.25, 0.3) is 0 Å². The Hall–Kier alpha value is -2.31. The average molecular weight is 401 g/mol. The molecule has 1 aliphatic heterocycles. The van der Waals surface area contributed by atoms with E-state index in [2.05, 4.69) is 10.2 Å². The SMILES string of the molecule is COCc1ccc(CN2CCC[C@H](CCC(=O)Nc3ccc(OC)cc3C)C2)o1. The molecule has 6 heteroatoms. The average Bonchev–Trinajstić information content (AvgIpc) is 3.15. The first-order valence-electron chi connectivity index (χ1n) is 10.3. The number of amides is 1. The maximum absolute atomic E-state index is 12.4. The van der Waals surface area contributed by atoms with Gasteiger partial charge in [-0.25, -0.2) is 0 Å². The molecule has 0 saturated carbocycles. The number of ether oxygens (including phenoxy) is 2. The number of rotatable bonds is 9. The topological polar surface area (TPSA) is 63.9 Å². The van der Waals surface area contributed by atoms with Crippen LogP contribution in [-0.2, 0) is 22.7 Å². The molecule has 1 amide bonds. The van der Waals surface area contributed by atoms with E-state index in [1.54, 1.807) is 14.2 Å². The summed E-state index contributed by atoms with van der Waals surface area (Å²) in [5.41, 5.74) is 1.86. The van der Waals surface area contributed by atoms with Crippen LogP contribution < -0.4 is 10.1 Å². The van der Waals surface area contributed by atoms with Crippen molar-refractivity contribution in [2.24, 2.45) is 5.92 Å². The smallest absolute Gasteiger partial charge is 0.224 e. The molecule has 3 rings (SSSR count). The molecule has 29 heavy (non-hydrogen) atoms. The van der Waals surface area contributed by atoms with Gasteiger partial charge in [0.1, 0.15) is 23.9 Å². The molecular formula is C23H32N2O4. The first kappa shape index (κ1) is 21.4. The number of aryl methyl sites for hydroxylation is 1. The van der Waals surface area contributed by atoms with E-state index in [9.17, 15) is 4.79 Å². The lowest BCUT2D eigenvalue weighted by atomic mass is 9.93. The lowest BCUT2D eigenvalue weighted by molar-refractivity contribution is -0.116. The van der Waals surface area contributed by atoms with Gasteiger partial charge in [0.15, 0.2) is 0 Å². The number of piperidine rings is 1. The molecule has 1 fully saturated rings. The fourth-order valence-corrected chi connectivity index (χ4v) is 3.93. The number of benzene rings is 1. The molecule has 0 bridgehead atoms. The zero-order chi connectivity index (χ0) is 20.6. The van der Waals surface area contributed by atoms with Crippen LogP contribution in [0.15, 0.2) is 34.7 Å². The Morgan fingerprint density at radius 3 is 2.83 bits per heavy atom. The Morgan fingerprint density at radius 2 is 2.07 bits per heavy atom. The number of nitrogens with zero attached hydrogens (tertiary/aromatic N) is 1. The third-order valence-electron chi connectivity index (χ3n) is 5.47. The third kappa shape index (κ3) is 6.34. The molecule has 158 valence electrons. The first-order valence-corrected chi connectivity index (χ1v) is 10.3. The molecule has 0 aliphatic carbocycles. The van der Waals surface area contributed by atoms with E-state index in [1.165, 1.54) is 6.42 Å². The largest absolute Gasteiger partial charge is 0.497 e. The van der Waals surface area contributed by atoms with E-state index in [0.29, 0.717) is 18.9 Å². The molecule has 1 aliphatic rings. The standard InChI is InChI=1S/C23H32N2O4/c1-17-13-19(28-3)9-10-22(17)24-23(26)11-6-18-5-4-12-25(14-18)15-20-7-8-21(29-20)16-27-2/h7-10,13,18H,4-6,11-12,14-16H2,1-3H3,(H,24,26)/t18-/m1/s1. The molecule has 1 aromatic heterocycles. The van der Waals surface area contributed by atoms with Crippen molar-refractivity contribution in [2.75, 3.05) is 32.6 Å². The van der Waals surface area contributed by atoms with E-state index >= 15 is 0 Å². The summed E-state index contributed by atoms with van der Waals surface area (Å²) in [6.45, 7) is 5.38. The highest BCUT2D eigenvalue weighted by Crippen LogP contribution is 2.25. The summed E-state index contributed by atoms with van der Waals surface area (Å²) in [6.07, 6.45) is 3.79. The molecule has 0 spiro atoms. The quantitative estimate of drug-likeness (QED) is 0.677. The Morgan fingerprint density at radius 1 is 1.24 bits per heavy atom. The van der Waals surface area contributed by atoms with Crippen molar-refractivity contribution in [2.45, 2.75) is 45.8 Å². The molecule has 0 unspecified atom stereocenters. The molecule has 0 radical (unpaired) electrons. The summed E-state index contributed by atoms with van der Waals surface area (Å²) in [7, 11) is 3.31. The minimum Gasteiger partial charge on any atom is -0.497 e. The van der Waals surface area contributed by atoms with Crippen LogP contribution in [-0.4, -0.2) is 38.1 Å². The summed E-state index contributed by atoms with van der Waals surface area (Å²) in [4.78, 5) is 14.8. The second-order valence-electron chi connectivity index (χ2n) is 7.81. The van der Waals surface area contributed by atoms with Crippen molar-refractivity contribution in [1.82, 2.24) is 4.90 Å². The Kier molecular flexibility index (Phi) is 7.72. The van der Waals surface area contributed by atoms with Gasteiger partial charge in [-0.15, -0.1) is 0 Å². The van der Waals surface area contributed by atoms with Gasteiger partial charge in [0.05, 0.1) is 13.7 Å². The highest BCUT2D eigenvalue weighted by atomic mass is 16.5. The number of furan rings is 1. The van der Waals surface area contributed by atoms with Gasteiger partial charge in [-0.05, 0) is 74.5 Å². The number of anilines is 1. The predicted octanol–water partition coefficient (Wildman–Crippen LogP) is 4.37. The number of methoxy groups -OCH3 is 2. The van der Waals surface area contributed by atoms with Gasteiger partial charge in [-0.3, -0.25) is 9.69 Å². The highest BCUT2D eigenvalue weighted by Gasteiger charge is 2.21. The van der Waals surface area contributed by atoms with E-state index in [0.717, 1.165) is 61.0 Å². The van der Waals surface area contributed by atoms with Gasteiger partial charge < -0.3 is 19.2 Å². The Labute approximate surface area is 173 Å². The monoisotopic (exact) mass is 400 g/mol. The summed E-state index contributed by atoms with van der Waals surface area (Å²) in [6, 6.07) is 9.71. The van der Waals surface area contributed by atoms with Gasteiger partial charge in [0.2, 0.25) is 5.91 Å². The lowest BCUT2D eigenvalue weighted by Gasteiger charge is -2.32. The van der Waals surface area contributed by atoms with Crippen molar-refractivity contribution >= 4 is 11.6 Å². The first-order chi connectivity index (χ1) is 14.1. The number of hydrogen-bond acceptors (Lipinski definition) is 5. The van der Waals surface area contributed by atoms with Crippen LogP contribution >= 0.6 is 0 Å². The second kappa shape index (κ2) is 10.5. The van der Waals surface area contributed by atoms with Crippen LogP contribution in [0.5, 0.6) is 5.75 Å². The van der Waals surface area contributed by atoms with Crippen molar-refractivity contribution < 1.29 is 18.7 Å². The fourth-order valence-electron chi connectivity index (χ4n) is 3.93. The molecule has 1 N–H and O–H groups in total. The highest BCUT2D eigenvalue weighted by molar-refractivity contribution is 5.91. The Bertz CT molecular complexity index is 802. The molecule has 6 nitrogen and oxygen atoms in total. The maximum atomic E-state index is 12.4. The van der Waals surface area contributed by atoms with Crippen LogP contribution in [0.1, 0.15) is 42.8 Å². The van der Waals surface area contributed by atoms with Gasteiger partial charge in [-0.2, -0.15) is 0 Å². The molecule has 1 atom stereocenters. The van der Waals surface area contributed by atoms with Crippen LogP contribution in [0.4, 0.5) is 5.69 Å².